The summed E-state index contributed by atoms with van der Waals surface area (Å²) in [4.78, 5) is 25.7. The quantitative estimate of drug-likeness (QED) is 0.850. The minimum absolute atomic E-state index is 0.0528. The highest BCUT2D eigenvalue weighted by atomic mass is 16.5. The Bertz CT molecular complexity index is 772. The van der Waals surface area contributed by atoms with Crippen LogP contribution in [0, 0.1) is 6.92 Å². The van der Waals surface area contributed by atoms with Gasteiger partial charge in [0.15, 0.2) is 0 Å². The molecule has 1 unspecified atom stereocenters. The molecule has 136 valence electrons. The molecule has 3 heterocycles. The van der Waals surface area contributed by atoms with Crippen molar-refractivity contribution in [3.05, 3.63) is 53.6 Å². The third-order valence-electron chi connectivity index (χ3n) is 5.07. The van der Waals surface area contributed by atoms with Crippen LogP contribution in [0.2, 0.25) is 0 Å². The Morgan fingerprint density at radius 3 is 2.62 bits per heavy atom. The van der Waals surface area contributed by atoms with Crippen molar-refractivity contribution >= 4 is 11.6 Å². The van der Waals surface area contributed by atoms with Crippen LogP contribution < -0.4 is 4.90 Å². The summed E-state index contributed by atoms with van der Waals surface area (Å²) in [6.07, 6.45) is 4.04. The van der Waals surface area contributed by atoms with Crippen LogP contribution in [0.1, 0.15) is 40.8 Å². The molecule has 4 rings (SSSR count). The van der Waals surface area contributed by atoms with E-state index in [4.69, 9.17) is 4.74 Å². The second-order valence-electron chi connectivity index (χ2n) is 6.88. The van der Waals surface area contributed by atoms with Crippen molar-refractivity contribution in [1.82, 2.24) is 14.9 Å². The van der Waals surface area contributed by atoms with E-state index in [-0.39, 0.29) is 12.0 Å². The summed E-state index contributed by atoms with van der Waals surface area (Å²) in [6.45, 7) is 5.71. The van der Waals surface area contributed by atoms with E-state index in [1.807, 2.05) is 30.0 Å². The monoisotopic (exact) mass is 352 g/mol. The summed E-state index contributed by atoms with van der Waals surface area (Å²) in [5.41, 5.74) is 2.77. The smallest absolute Gasteiger partial charge is 0.254 e. The summed E-state index contributed by atoms with van der Waals surface area (Å²) < 4.78 is 5.83. The first-order valence-corrected chi connectivity index (χ1v) is 9.26. The SMILES string of the molecule is Cc1nccc(C2CN(C(=O)c3ccc(N4CCCC4)cc3)CCO2)n1. The maximum Gasteiger partial charge on any atom is 0.254 e. The van der Waals surface area contributed by atoms with Crippen LogP contribution >= 0.6 is 0 Å². The average molecular weight is 352 g/mol. The van der Waals surface area contributed by atoms with Crippen LogP contribution in [0.3, 0.4) is 0 Å². The highest BCUT2D eigenvalue weighted by Gasteiger charge is 2.27. The van der Waals surface area contributed by atoms with Crippen molar-refractivity contribution in [2.24, 2.45) is 0 Å². The van der Waals surface area contributed by atoms with Crippen molar-refractivity contribution in [2.45, 2.75) is 25.9 Å². The van der Waals surface area contributed by atoms with Gasteiger partial charge in [-0.05, 0) is 50.1 Å². The zero-order valence-corrected chi connectivity index (χ0v) is 15.1. The van der Waals surface area contributed by atoms with Gasteiger partial charge in [0.2, 0.25) is 0 Å². The molecule has 0 aliphatic carbocycles. The normalized spacial score (nSPS) is 20.4. The lowest BCUT2D eigenvalue weighted by atomic mass is 10.1. The Kier molecular flexibility index (Phi) is 4.84. The van der Waals surface area contributed by atoms with E-state index in [1.165, 1.54) is 18.5 Å². The fraction of sp³-hybridized carbons (Fsp3) is 0.450. The number of aryl methyl sites for hydroxylation is 1. The Morgan fingerprint density at radius 2 is 1.88 bits per heavy atom. The molecule has 2 aliphatic heterocycles. The van der Waals surface area contributed by atoms with E-state index in [2.05, 4.69) is 27.0 Å². The second-order valence-corrected chi connectivity index (χ2v) is 6.88. The molecule has 6 heteroatoms. The molecule has 0 radical (unpaired) electrons. The molecule has 26 heavy (non-hydrogen) atoms. The predicted octanol–water partition coefficient (Wildman–Crippen LogP) is 2.60. The Hall–Kier alpha value is -2.47. The van der Waals surface area contributed by atoms with Gasteiger partial charge >= 0.3 is 0 Å². The van der Waals surface area contributed by atoms with Crippen LogP contribution in [0.25, 0.3) is 0 Å². The largest absolute Gasteiger partial charge is 0.372 e. The highest BCUT2D eigenvalue weighted by molar-refractivity contribution is 5.94. The van der Waals surface area contributed by atoms with E-state index >= 15 is 0 Å². The Balaban J connectivity index is 1.45. The van der Waals surface area contributed by atoms with E-state index in [9.17, 15) is 4.79 Å². The van der Waals surface area contributed by atoms with Gasteiger partial charge in [-0.3, -0.25) is 4.79 Å². The number of amides is 1. The predicted molar refractivity (Wildman–Crippen MR) is 99.3 cm³/mol. The fourth-order valence-electron chi connectivity index (χ4n) is 3.64. The van der Waals surface area contributed by atoms with Gasteiger partial charge in [-0.1, -0.05) is 0 Å². The lowest BCUT2D eigenvalue weighted by Gasteiger charge is -2.32. The first kappa shape index (κ1) is 17.0. The van der Waals surface area contributed by atoms with Crippen molar-refractivity contribution in [3.63, 3.8) is 0 Å². The van der Waals surface area contributed by atoms with E-state index in [1.54, 1.807) is 6.20 Å². The summed E-state index contributed by atoms with van der Waals surface area (Å²) in [6, 6.07) is 9.86. The molecule has 0 spiro atoms. The van der Waals surface area contributed by atoms with Gasteiger partial charge in [0.1, 0.15) is 11.9 Å². The number of carbonyl (C=O) groups excluding carboxylic acids is 1. The van der Waals surface area contributed by atoms with Crippen molar-refractivity contribution in [2.75, 3.05) is 37.7 Å². The lowest BCUT2D eigenvalue weighted by molar-refractivity contribution is -0.0248. The average Bonchev–Trinajstić information content (AvgIpc) is 3.22. The van der Waals surface area contributed by atoms with Crippen molar-refractivity contribution in [3.8, 4) is 0 Å². The zero-order chi connectivity index (χ0) is 17.9. The number of morpholine rings is 1. The van der Waals surface area contributed by atoms with Crippen LogP contribution in [-0.4, -0.2) is 53.6 Å². The van der Waals surface area contributed by atoms with E-state index in [0.29, 0.717) is 25.5 Å². The number of ether oxygens (including phenoxy) is 1. The van der Waals surface area contributed by atoms with Gasteiger partial charge in [-0.15, -0.1) is 0 Å². The minimum Gasteiger partial charge on any atom is -0.372 e. The lowest BCUT2D eigenvalue weighted by Crippen LogP contribution is -2.42. The summed E-state index contributed by atoms with van der Waals surface area (Å²) in [7, 11) is 0. The fourth-order valence-corrected chi connectivity index (χ4v) is 3.64. The van der Waals surface area contributed by atoms with Crippen molar-refractivity contribution in [1.29, 1.82) is 0 Å². The Morgan fingerprint density at radius 1 is 1.12 bits per heavy atom. The molecule has 6 nitrogen and oxygen atoms in total. The molecule has 2 fully saturated rings. The van der Waals surface area contributed by atoms with Crippen LogP contribution in [0.15, 0.2) is 36.5 Å². The Labute approximate surface area is 153 Å². The maximum absolute atomic E-state index is 12.9. The molecule has 2 aromatic rings. The minimum atomic E-state index is -0.196. The molecular formula is C20H24N4O2. The molecule has 0 bridgehead atoms. The number of aromatic nitrogens is 2. The number of benzene rings is 1. The molecule has 1 amide bonds. The molecule has 2 aliphatic rings. The maximum atomic E-state index is 12.9. The zero-order valence-electron chi connectivity index (χ0n) is 15.1. The van der Waals surface area contributed by atoms with Crippen molar-refractivity contribution < 1.29 is 9.53 Å². The summed E-state index contributed by atoms with van der Waals surface area (Å²) in [5, 5.41) is 0. The van der Waals surface area contributed by atoms with Gasteiger partial charge in [0.05, 0.1) is 18.8 Å². The highest BCUT2D eigenvalue weighted by Crippen LogP contribution is 2.24. The van der Waals surface area contributed by atoms with E-state index in [0.717, 1.165) is 24.3 Å². The van der Waals surface area contributed by atoms with Gasteiger partial charge in [0, 0.05) is 37.1 Å². The van der Waals surface area contributed by atoms with Gasteiger partial charge < -0.3 is 14.5 Å². The standard InChI is InChI=1S/C20H24N4O2/c1-15-21-9-8-18(22-15)19-14-24(12-13-26-19)20(25)16-4-6-17(7-5-16)23-10-2-3-11-23/h4-9,19H,2-3,10-14H2,1H3. The van der Waals surface area contributed by atoms with E-state index < -0.39 is 0 Å². The number of anilines is 1. The summed E-state index contributed by atoms with van der Waals surface area (Å²) in [5.74, 6) is 0.768. The van der Waals surface area contributed by atoms with Gasteiger partial charge in [-0.25, -0.2) is 9.97 Å². The number of rotatable bonds is 3. The molecule has 0 N–H and O–H groups in total. The first-order chi connectivity index (χ1) is 12.7. The van der Waals surface area contributed by atoms with Crippen LogP contribution in [0.4, 0.5) is 5.69 Å². The van der Waals surface area contributed by atoms with Crippen LogP contribution in [-0.2, 0) is 4.74 Å². The van der Waals surface area contributed by atoms with Gasteiger partial charge in [0.25, 0.3) is 5.91 Å². The third kappa shape index (κ3) is 3.55. The topological polar surface area (TPSA) is 58.6 Å². The molecule has 1 aromatic heterocycles. The first-order valence-electron chi connectivity index (χ1n) is 9.26. The number of hydrogen-bond donors (Lipinski definition) is 0. The molecule has 1 aromatic carbocycles. The number of hydrogen-bond acceptors (Lipinski definition) is 5. The van der Waals surface area contributed by atoms with Crippen LogP contribution in [0.5, 0.6) is 0 Å². The molecule has 2 saturated heterocycles. The molecule has 0 saturated carbocycles. The molecule has 1 atom stereocenters. The number of carbonyl (C=O) groups is 1. The third-order valence-corrected chi connectivity index (χ3v) is 5.07. The molecular weight excluding hydrogens is 328 g/mol. The number of nitrogens with zero attached hydrogens (tertiary/aromatic N) is 4. The summed E-state index contributed by atoms with van der Waals surface area (Å²) >= 11 is 0. The van der Waals surface area contributed by atoms with Gasteiger partial charge in [-0.2, -0.15) is 0 Å². The second kappa shape index (κ2) is 7.41.